The van der Waals surface area contributed by atoms with E-state index in [4.69, 9.17) is 0 Å². The van der Waals surface area contributed by atoms with Crippen molar-refractivity contribution in [2.75, 3.05) is 0 Å². The van der Waals surface area contributed by atoms with Gasteiger partial charge in [-0.3, -0.25) is 4.68 Å². The van der Waals surface area contributed by atoms with Crippen LogP contribution in [0.5, 0.6) is 0 Å². The Balaban J connectivity index is 2.63. The molecule has 1 heterocycles. The van der Waals surface area contributed by atoms with Crippen molar-refractivity contribution in [3.8, 4) is 0 Å². The van der Waals surface area contributed by atoms with Crippen molar-refractivity contribution in [2.24, 2.45) is 7.05 Å². The molecule has 1 aromatic heterocycles. The van der Waals surface area contributed by atoms with Crippen molar-refractivity contribution >= 4 is 15.9 Å². The van der Waals surface area contributed by atoms with E-state index in [0.29, 0.717) is 0 Å². The van der Waals surface area contributed by atoms with Gasteiger partial charge in [0, 0.05) is 7.05 Å². The second-order valence-corrected chi connectivity index (χ2v) is 4.96. The molecule has 1 atom stereocenters. The third-order valence-electron chi connectivity index (χ3n) is 2.84. The molecule has 0 amide bonds. The number of aliphatic hydroxyl groups is 1. The quantitative estimate of drug-likeness (QED) is 0.874. The van der Waals surface area contributed by atoms with Crippen LogP contribution in [-0.4, -0.2) is 21.0 Å². The first-order valence-corrected chi connectivity index (χ1v) is 6.77. The molecule has 4 heteroatoms. The molecule has 1 unspecified atom stereocenters. The monoisotopic (exact) mass is 288 g/mol. The smallest absolute Gasteiger partial charge is 0.0766 e. The fourth-order valence-corrected chi connectivity index (χ4v) is 2.69. The van der Waals surface area contributed by atoms with Gasteiger partial charge in [-0.15, -0.1) is 0 Å². The summed E-state index contributed by atoms with van der Waals surface area (Å²) >= 11 is 3.59. The summed E-state index contributed by atoms with van der Waals surface area (Å²) < 4.78 is 3.03. The lowest BCUT2D eigenvalue weighted by atomic mass is 10.1. The van der Waals surface area contributed by atoms with Gasteiger partial charge >= 0.3 is 0 Å². The van der Waals surface area contributed by atoms with Crippen LogP contribution in [0.3, 0.4) is 0 Å². The molecular formula is C12H21BrN2O. The van der Waals surface area contributed by atoms with E-state index in [1.807, 2.05) is 11.7 Å². The Morgan fingerprint density at radius 1 is 1.38 bits per heavy atom. The SMILES string of the molecule is CCCC(O)CCc1c(Br)c(CC)nn1C. The maximum atomic E-state index is 9.71. The molecule has 0 aromatic carbocycles. The zero-order valence-electron chi connectivity index (χ0n) is 10.3. The average Bonchev–Trinajstić information content (AvgIpc) is 2.52. The van der Waals surface area contributed by atoms with Crippen LogP contribution in [-0.2, 0) is 19.9 Å². The molecule has 0 bridgehead atoms. The van der Waals surface area contributed by atoms with E-state index in [9.17, 15) is 5.11 Å². The first kappa shape index (κ1) is 13.7. The molecule has 1 rings (SSSR count). The van der Waals surface area contributed by atoms with Crippen molar-refractivity contribution in [2.45, 2.75) is 52.1 Å². The number of aliphatic hydroxyl groups excluding tert-OH is 1. The van der Waals surface area contributed by atoms with Crippen molar-refractivity contribution in [3.63, 3.8) is 0 Å². The summed E-state index contributed by atoms with van der Waals surface area (Å²) in [5, 5.41) is 14.2. The van der Waals surface area contributed by atoms with Gasteiger partial charge in [0.05, 0.1) is 22.0 Å². The first-order chi connectivity index (χ1) is 7.60. The summed E-state index contributed by atoms with van der Waals surface area (Å²) in [7, 11) is 1.96. The Morgan fingerprint density at radius 2 is 2.06 bits per heavy atom. The maximum absolute atomic E-state index is 9.71. The summed E-state index contributed by atoms with van der Waals surface area (Å²) in [6, 6.07) is 0. The molecule has 1 aromatic rings. The van der Waals surface area contributed by atoms with E-state index in [1.54, 1.807) is 0 Å². The van der Waals surface area contributed by atoms with Crippen molar-refractivity contribution < 1.29 is 5.11 Å². The molecule has 0 aliphatic rings. The van der Waals surface area contributed by atoms with E-state index in [-0.39, 0.29) is 6.10 Å². The topological polar surface area (TPSA) is 38.1 Å². The van der Waals surface area contributed by atoms with E-state index in [2.05, 4.69) is 34.9 Å². The van der Waals surface area contributed by atoms with Crippen LogP contribution in [0.25, 0.3) is 0 Å². The molecular weight excluding hydrogens is 268 g/mol. The highest BCUT2D eigenvalue weighted by Crippen LogP contribution is 2.23. The molecule has 0 saturated carbocycles. The minimum atomic E-state index is -0.183. The molecule has 92 valence electrons. The molecule has 0 saturated heterocycles. The summed E-state index contributed by atoms with van der Waals surface area (Å²) in [5.74, 6) is 0. The highest BCUT2D eigenvalue weighted by molar-refractivity contribution is 9.10. The fraction of sp³-hybridized carbons (Fsp3) is 0.750. The van der Waals surface area contributed by atoms with Crippen LogP contribution < -0.4 is 0 Å². The van der Waals surface area contributed by atoms with Crippen LogP contribution >= 0.6 is 15.9 Å². The lowest BCUT2D eigenvalue weighted by Crippen LogP contribution is -2.09. The highest BCUT2D eigenvalue weighted by Gasteiger charge is 2.13. The standard InChI is InChI=1S/C12H21BrN2O/c1-4-6-9(16)7-8-11-12(13)10(5-2)14-15(11)3/h9,16H,4-8H2,1-3H3. The predicted octanol–water partition coefficient (Wildman–Crippen LogP) is 2.84. The zero-order chi connectivity index (χ0) is 12.1. The number of hydrogen-bond acceptors (Lipinski definition) is 2. The molecule has 16 heavy (non-hydrogen) atoms. The van der Waals surface area contributed by atoms with Crippen LogP contribution in [0.2, 0.25) is 0 Å². The number of nitrogens with zero attached hydrogens (tertiary/aromatic N) is 2. The average molecular weight is 289 g/mol. The van der Waals surface area contributed by atoms with Crippen LogP contribution in [0.15, 0.2) is 4.47 Å². The second kappa shape index (κ2) is 6.40. The molecule has 3 nitrogen and oxygen atoms in total. The van der Waals surface area contributed by atoms with Gasteiger partial charge in [-0.05, 0) is 41.6 Å². The highest BCUT2D eigenvalue weighted by atomic mass is 79.9. The molecule has 0 aliphatic carbocycles. The third kappa shape index (κ3) is 3.32. The largest absolute Gasteiger partial charge is 0.393 e. The normalized spacial score (nSPS) is 13.1. The molecule has 0 radical (unpaired) electrons. The van der Waals surface area contributed by atoms with Gasteiger partial charge in [0.15, 0.2) is 0 Å². The van der Waals surface area contributed by atoms with Gasteiger partial charge in [0.2, 0.25) is 0 Å². The summed E-state index contributed by atoms with van der Waals surface area (Å²) in [4.78, 5) is 0. The Labute approximate surface area is 106 Å². The predicted molar refractivity (Wildman–Crippen MR) is 69.5 cm³/mol. The number of rotatable bonds is 6. The van der Waals surface area contributed by atoms with Gasteiger partial charge in [0.25, 0.3) is 0 Å². The number of aryl methyl sites for hydroxylation is 2. The Kier molecular flexibility index (Phi) is 5.49. The Bertz CT molecular complexity index is 336. The fourth-order valence-electron chi connectivity index (χ4n) is 1.87. The van der Waals surface area contributed by atoms with Crippen molar-refractivity contribution in [1.82, 2.24) is 9.78 Å². The van der Waals surface area contributed by atoms with Gasteiger partial charge in [-0.1, -0.05) is 20.3 Å². The van der Waals surface area contributed by atoms with Crippen LogP contribution in [0, 0.1) is 0 Å². The number of halogens is 1. The van der Waals surface area contributed by atoms with Crippen LogP contribution in [0.1, 0.15) is 44.5 Å². The Morgan fingerprint density at radius 3 is 2.56 bits per heavy atom. The lowest BCUT2D eigenvalue weighted by Gasteiger charge is -2.09. The second-order valence-electron chi connectivity index (χ2n) is 4.17. The van der Waals surface area contributed by atoms with E-state index < -0.39 is 0 Å². The lowest BCUT2D eigenvalue weighted by molar-refractivity contribution is 0.153. The molecule has 1 N–H and O–H groups in total. The van der Waals surface area contributed by atoms with Gasteiger partial charge in [0.1, 0.15) is 0 Å². The van der Waals surface area contributed by atoms with E-state index in [1.165, 1.54) is 5.69 Å². The molecule has 0 aliphatic heterocycles. The van der Waals surface area contributed by atoms with E-state index >= 15 is 0 Å². The minimum absolute atomic E-state index is 0.183. The summed E-state index contributed by atoms with van der Waals surface area (Å²) in [6.07, 6.45) is 4.37. The number of hydrogen-bond donors (Lipinski definition) is 1. The number of aromatic nitrogens is 2. The van der Waals surface area contributed by atoms with Crippen LogP contribution in [0.4, 0.5) is 0 Å². The minimum Gasteiger partial charge on any atom is -0.393 e. The first-order valence-electron chi connectivity index (χ1n) is 5.98. The van der Waals surface area contributed by atoms with Gasteiger partial charge in [-0.2, -0.15) is 5.10 Å². The Hall–Kier alpha value is -0.350. The van der Waals surface area contributed by atoms with Crippen molar-refractivity contribution in [1.29, 1.82) is 0 Å². The third-order valence-corrected chi connectivity index (χ3v) is 3.75. The van der Waals surface area contributed by atoms with Crippen molar-refractivity contribution in [3.05, 3.63) is 15.9 Å². The summed E-state index contributed by atoms with van der Waals surface area (Å²) in [5.41, 5.74) is 2.29. The zero-order valence-corrected chi connectivity index (χ0v) is 11.9. The maximum Gasteiger partial charge on any atom is 0.0766 e. The van der Waals surface area contributed by atoms with E-state index in [0.717, 1.165) is 42.3 Å². The summed E-state index contributed by atoms with van der Waals surface area (Å²) in [6.45, 7) is 4.20. The van der Waals surface area contributed by atoms with Gasteiger partial charge in [-0.25, -0.2) is 0 Å². The molecule has 0 fully saturated rings. The van der Waals surface area contributed by atoms with Gasteiger partial charge < -0.3 is 5.11 Å². The molecule has 0 spiro atoms.